The predicted molar refractivity (Wildman–Crippen MR) is 145 cm³/mol. The van der Waals surface area contributed by atoms with Gasteiger partial charge in [-0.05, 0) is 56.6 Å². The van der Waals surface area contributed by atoms with Gasteiger partial charge in [-0.3, -0.25) is 9.47 Å². The van der Waals surface area contributed by atoms with E-state index in [0.717, 1.165) is 25.7 Å². The van der Waals surface area contributed by atoms with Crippen molar-refractivity contribution in [1.29, 1.82) is 0 Å². The molecule has 3 aliphatic rings. The average molecular weight is 544 g/mol. The molecule has 2 aromatic heterocycles. The van der Waals surface area contributed by atoms with Gasteiger partial charge in [0.25, 0.3) is 6.43 Å². The molecule has 2 aliphatic carbocycles. The summed E-state index contributed by atoms with van der Waals surface area (Å²) in [7, 11) is 0. The quantitative estimate of drug-likeness (QED) is 0.386. The van der Waals surface area contributed by atoms with Gasteiger partial charge in [0.15, 0.2) is 5.82 Å². The van der Waals surface area contributed by atoms with Crippen molar-refractivity contribution in [2.75, 3.05) is 56.3 Å². The van der Waals surface area contributed by atoms with Gasteiger partial charge < -0.3 is 15.0 Å². The zero-order chi connectivity index (χ0) is 26.8. The highest BCUT2D eigenvalue weighted by molar-refractivity contribution is 5.78. The van der Waals surface area contributed by atoms with Crippen molar-refractivity contribution in [1.82, 2.24) is 24.4 Å². The monoisotopic (exact) mass is 543 g/mol. The lowest BCUT2D eigenvalue weighted by atomic mass is 9.85. The van der Waals surface area contributed by atoms with Gasteiger partial charge >= 0.3 is 0 Å². The third-order valence-electron chi connectivity index (χ3n) is 8.24. The van der Waals surface area contributed by atoms with E-state index in [1.807, 2.05) is 6.07 Å². The Hall–Kier alpha value is -2.92. The molecular weight excluding hydrogens is 507 g/mol. The van der Waals surface area contributed by atoms with Crippen LogP contribution in [0, 0.1) is 5.92 Å². The lowest BCUT2D eigenvalue weighted by Gasteiger charge is -2.36. The van der Waals surface area contributed by atoms with Gasteiger partial charge in [0.05, 0.1) is 24.2 Å². The Kier molecular flexibility index (Phi) is 7.87. The number of ether oxygens (including phenoxy) is 1. The molecule has 3 fully saturated rings. The molecule has 1 aliphatic heterocycles. The summed E-state index contributed by atoms with van der Waals surface area (Å²) in [6, 6.07) is 9.93. The van der Waals surface area contributed by atoms with Crippen LogP contribution in [0.15, 0.2) is 30.3 Å². The van der Waals surface area contributed by atoms with Gasteiger partial charge in [-0.25, -0.2) is 18.2 Å². The second-order valence-electron chi connectivity index (χ2n) is 10.8. The molecule has 0 amide bonds. The van der Waals surface area contributed by atoms with Crippen molar-refractivity contribution >= 4 is 22.8 Å². The minimum absolute atomic E-state index is 0.281. The van der Waals surface area contributed by atoms with Crippen LogP contribution < -0.4 is 10.2 Å². The number of rotatable bonds is 10. The zero-order valence-electron chi connectivity index (χ0n) is 22.1. The van der Waals surface area contributed by atoms with Gasteiger partial charge in [-0.1, -0.05) is 12.1 Å². The number of para-hydroxylation sites is 2. The van der Waals surface area contributed by atoms with Crippen LogP contribution in [0.25, 0.3) is 16.9 Å². The molecular formula is C28H36F3N7O. The first-order valence-electron chi connectivity index (χ1n) is 14.1. The van der Waals surface area contributed by atoms with E-state index in [2.05, 4.69) is 20.1 Å². The number of anilines is 2. The third-order valence-corrected chi connectivity index (χ3v) is 8.24. The summed E-state index contributed by atoms with van der Waals surface area (Å²) in [6.45, 7) is 3.48. The van der Waals surface area contributed by atoms with Gasteiger partial charge in [0.2, 0.25) is 5.95 Å². The molecule has 8 nitrogen and oxygen atoms in total. The van der Waals surface area contributed by atoms with E-state index >= 15 is 0 Å². The summed E-state index contributed by atoms with van der Waals surface area (Å²) >= 11 is 0. The molecule has 3 aromatic rings. The number of nitrogens with one attached hydrogen (secondary N) is 1. The number of morpholine rings is 1. The Bertz CT molecular complexity index is 1250. The highest BCUT2D eigenvalue weighted by Crippen LogP contribution is 2.35. The molecule has 0 bridgehead atoms. The first-order chi connectivity index (χ1) is 19.1. The Morgan fingerprint density at radius 1 is 0.949 bits per heavy atom. The normalized spacial score (nSPS) is 22.2. The summed E-state index contributed by atoms with van der Waals surface area (Å²) < 4.78 is 48.2. The molecule has 3 heterocycles. The van der Waals surface area contributed by atoms with E-state index in [1.165, 1.54) is 17.4 Å². The average Bonchev–Trinajstić information content (AvgIpc) is 3.74. The number of alkyl halides is 3. The molecule has 0 unspecified atom stereocenters. The van der Waals surface area contributed by atoms with Crippen LogP contribution in [0.2, 0.25) is 0 Å². The van der Waals surface area contributed by atoms with E-state index < -0.39 is 6.43 Å². The van der Waals surface area contributed by atoms with Crippen LogP contribution in [0.4, 0.5) is 24.9 Å². The van der Waals surface area contributed by atoms with Crippen LogP contribution in [0.5, 0.6) is 0 Å². The first kappa shape index (κ1) is 26.3. The van der Waals surface area contributed by atoms with Crippen LogP contribution in [-0.2, 0) is 4.74 Å². The van der Waals surface area contributed by atoms with Crippen LogP contribution in [0.1, 0.15) is 50.8 Å². The first-order valence-corrected chi connectivity index (χ1v) is 14.1. The van der Waals surface area contributed by atoms with Crippen LogP contribution in [-0.4, -0.2) is 82.6 Å². The maximum absolute atomic E-state index is 14.1. The maximum Gasteiger partial charge on any atom is 0.296 e. The lowest BCUT2D eigenvalue weighted by molar-refractivity contribution is 0.122. The fourth-order valence-electron chi connectivity index (χ4n) is 6.09. The van der Waals surface area contributed by atoms with Gasteiger partial charge in [0.1, 0.15) is 18.3 Å². The van der Waals surface area contributed by atoms with E-state index in [-0.39, 0.29) is 12.5 Å². The number of imidazole rings is 1. The number of fused-ring (bicyclic) bond motifs is 1. The van der Waals surface area contributed by atoms with Crippen molar-refractivity contribution in [2.45, 2.75) is 57.0 Å². The Morgan fingerprint density at radius 3 is 2.33 bits per heavy atom. The number of hydrogen-bond acceptors (Lipinski definition) is 7. The van der Waals surface area contributed by atoms with E-state index in [0.29, 0.717) is 86.0 Å². The molecule has 1 aromatic carbocycles. The number of hydrogen-bond donors (Lipinski definition) is 1. The standard InChI is InChI=1S/C28H36F3N7O/c29-11-12-37(21-9-10-21)20-7-5-19(6-8-20)18-32-28-34-24(36-13-15-39-16-14-36)17-25(35-28)38-23-4-2-1-3-22(23)33-27(38)26(30)31/h1-4,17,19-21,26H,5-16,18H2,(H,32,34,35)/t19-,20-. The van der Waals surface area contributed by atoms with Crippen molar-refractivity contribution in [3.8, 4) is 5.82 Å². The molecule has 39 heavy (non-hydrogen) atoms. The SMILES string of the molecule is FCCN(C1CC1)[C@H]1CC[C@H](CNc2nc(N3CCOCC3)cc(-n3c(C(F)F)nc4ccccc43)n2)CC1. The van der Waals surface area contributed by atoms with Gasteiger partial charge in [0, 0.05) is 44.3 Å². The number of halogens is 3. The summed E-state index contributed by atoms with van der Waals surface area (Å²) in [5.74, 6) is 1.59. The molecule has 1 N–H and O–H groups in total. The van der Waals surface area contributed by atoms with Gasteiger partial charge in [-0.15, -0.1) is 0 Å². The molecule has 6 rings (SSSR count). The minimum Gasteiger partial charge on any atom is -0.378 e. The topological polar surface area (TPSA) is 71.3 Å². The molecule has 0 spiro atoms. The van der Waals surface area contributed by atoms with Crippen molar-refractivity contribution in [2.24, 2.45) is 5.92 Å². The van der Waals surface area contributed by atoms with Crippen LogP contribution >= 0.6 is 0 Å². The lowest BCUT2D eigenvalue weighted by Crippen LogP contribution is -2.41. The molecule has 210 valence electrons. The molecule has 11 heteroatoms. The molecule has 2 saturated carbocycles. The second kappa shape index (κ2) is 11.7. The number of aromatic nitrogens is 4. The Balaban J connectivity index is 1.23. The fraction of sp³-hybridized carbons (Fsp3) is 0.607. The van der Waals surface area contributed by atoms with Crippen molar-refractivity contribution < 1.29 is 17.9 Å². The summed E-state index contributed by atoms with van der Waals surface area (Å²) in [4.78, 5) is 18.2. The molecule has 0 radical (unpaired) electrons. The second-order valence-corrected chi connectivity index (χ2v) is 10.8. The summed E-state index contributed by atoms with van der Waals surface area (Å²) in [6.07, 6.45) is 3.90. The largest absolute Gasteiger partial charge is 0.378 e. The number of nitrogens with zero attached hydrogens (tertiary/aromatic N) is 6. The van der Waals surface area contributed by atoms with Crippen molar-refractivity contribution in [3.05, 3.63) is 36.2 Å². The highest BCUT2D eigenvalue weighted by atomic mass is 19.3. The van der Waals surface area contributed by atoms with E-state index in [9.17, 15) is 13.2 Å². The molecule has 1 saturated heterocycles. The predicted octanol–water partition coefficient (Wildman–Crippen LogP) is 4.99. The Labute approximate surface area is 226 Å². The van der Waals surface area contributed by atoms with Gasteiger partial charge in [-0.2, -0.15) is 9.97 Å². The summed E-state index contributed by atoms with van der Waals surface area (Å²) in [5, 5.41) is 3.42. The zero-order valence-corrected chi connectivity index (χ0v) is 22.1. The highest BCUT2D eigenvalue weighted by Gasteiger charge is 2.35. The maximum atomic E-state index is 14.1. The van der Waals surface area contributed by atoms with E-state index in [1.54, 1.807) is 24.3 Å². The molecule has 0 atom stereocenters. The number of benzene rings is 1. The fourth-order valence-corrected chi connectivity index (χ4v) is 6.09. The smallest absolute Gasteiger partial charge is 0.296 e. The minimum atomic E-state index is -2.75. The Morgan fingerprint density at radius 2 is 1.64 bits per heavy atom. The summed E-state index contributed by atoms with van der Waals surface area (Å²) in [5.41, 5.74) is 1.08. The van der Waals surface area contributed by atoms with E-state index in [4.69, 9.17) is 14.7 Å². The van der Waals surface area contributed by atoms with Crippen LogP contribution in [0.3, 0.4) is 0 Å². The third kappa shape index (κ3) is 5.84. The van der Waals surface area contributed by atoms with Crippen molar-refractivity contribution in [3.63, 3.8) is 0 Å².